The van der Waals surface area contributed by atoms with E-state index in [1.165, 1.54) is 37.1 Å². The third-order valence-electron chi connectivity index (χ3n) is 4.55. The molecule has 4 nitrogen and oxygen atoms in total. The Bertz CT molecular complexity index is 616. The summed E-state index contributed by atoms with van der Waals surface area (Å²) < 4.78 is 1.23. The minimum atomic E-state index is 0.176. The average Bonchev–Trinajstić information content (AvgIpc) is 3.02. The second-order valence-electron chi connectivity index (χ2n) is 6.53. The van der Waals surface area contributed by atoms with Crippen LogP contribution in [-0.2, 0) is 11.2 Å². The zero-order valence-electron chi connectivity index (χ0n) is 14.3. The van der Waals surface area contributed by atoms with Gasteiger partial charge < -0.3 is 10.2 Å². The van der Waals surface area contributed by atoms with Crippen LogP contribution in [0.1, 0.15) is 43.5 Å². The topological polar surface area (TPSA) is 45.2 Å². The molecule has 2 heterocycles. The van der Waals surface area contributed by atoms with Crippen molar-refractivity contribution in [3.8, 4) is 0 Å². The monoisotopic (exact) mass is 345 g/mol. The highest BCUT2D eigenvalue weighted by Crippen LogP contribution is 2.22. The summed E-state index contributed by atoms with van der Waals surface area (Å²) in [5.41, 5.74) is 1.07. The van der Waals surface area contributed by atoms with Gasteiger partial charge in [-0.1, -0.05) is 18.6 Å². The average molecular weight is 346 g/mol. The van der Waals surface area contributed by atoms with Crippen LogP contribution in [-0.4, -0.2) is 42.0 Å². The van der Waals surface area contributed by atoms with Crippen molar-refractivity contribution in [3.05, 3.63) is 29.3 Å². The summed E-state index contributed by atoms with van der Waals surface area (Å²) in [7, 11) is 0. The molecule has 1 aromatic heterocycles. The lowest BCUT2D eigenvalue weighted by Gasteiger charge is -2.26. The first-order chi connectivity index (χ1) is 11.8. The molecule has 2 aromatic rings. The van der Waals surface area contributed by atoms with Gasteiger partial charge >= 0.3 is 0 Å². The fourth-order valence-electron chi connectivity index (χ4n) is 3.23. The molecule has 1 fully saturated rings. The van der Waals surface area contributed by atoms with Crippen LogP contribution in [0.3, 0.4) is 0 Å². The fourth-order valence-corrected chi connectivity index (χ4v) is 4.24. The van der Waals surface area contributed by atoms with Crippen LogP contribution in [0.25, 0.3) is 10.2 Å². The quantitative estimate of drug-likeness (QED) is 0.743. The van der Waals surface area contributed by atoms with Gasteiger partial charge in [0.15, 0.2) is 0 Å². The summed E-state index contributed by atoms with van der Waals surface area (Å²) in [6.07, 6.45) is 7.46. The number of carbonyl (C=O) groups is 1. The van der Waals surface area contributed by atoms with Gasteiger partial charge in [0.25, 0.3) is 0 Å². The summed E-state index contributed by atoms with van der Waals surface area (Å²) in [6.45, 7) is 4.38. The van der Waals surface area contributed by atoms with Crippen LogP contribution in [0.4, 0.5) is 0 Å². The number of nitrogens with one attached hydrogen (secondary N) is 1. The number of benzene rings is 1. The lowest BCUT2D eigenvalue weighted by molar-refractivity contribution is -0.121. The van der Waals surface area contributed by atoms with Gasteiger partial charge in [-0.3, -0.25) is 4.79 Å². The molecule has 1 N–H and O–H groups in total. The highest BCUT2D eigenvalue weighted by Gasteiger charge is 2.09. The number of likely N-dealkylation sites (tertiary alicyclic amines) is 1. The minimum Gasteiger partial charge on any atom is -0.356 e. The smallest absolute Gasteiger partial charge is 0.220 e. The molecular formula is C19H27N3OS. The Labute approximate surface area is 148 Å². The number of amides is 1. The lowest BCUT2D eigenvalue weighted by atomic mass is 10.1. The van der Waals surface area contributed by atoms with Crippen LogP contribution in [0.2, 0.25) is 0 Å². The van der Waals surface area contributed by atoms with Gasteiger partial charge in [-0.25, -0.2) is 4.98 Å². The Balaban J connectivity index is 1.28. The van der Waals surface area contributed by atoms with E-state index in [2.05, 4.69) is 21.3 Å². The van der Waals surface area contributed by atoms with Gasteiger partial charge in [0.2, 0.25) is 5.91 Å². The number of hydrogen-bond donors (Lipinski definition) is 1. The molecule has 1 amide bonds. The molecule has 1 aliphatic heterocycles. The first-order valence-electron chi connectivity index (χ1n) is 9.15. The molecule has 3 rings (SSSR count). The highest BCUT2D eigenvalue weighted by atomic mass is 32.1. The van der Waals surface area contributed by atoms with Crippen LogP contribution < -0.4 is 5.32 Å². The largest absolute Gasteiger partial charge is 0.356 e. The molecule has 0 spiro atoms. The summed E-state index contributed by atoms with van der Waals surface area (Å²) in [4.78, 5) is 19.0. The highest BCUT2D eigenvalue weighted by molar-refractivity contribution is 7.18. The van der Waals surface area contributed by atoms with Gasteiger partial charge in [-0.15, -0.1) is 11.3 Å². The van der Waals surface area contributed by atoms with Crippen LogP contribution in [0.15, 0.2) is 24.3 Å². The first-order valence-corrected chi connectivity index (χ1v) is 9.96. The van der Waals surface area contributed by atoms with E-state index in [4.69, 9.17) is 0 Å². The van der Waals surface area contributed by atoms with Gasteiger partial charge in [-0.05, 0) is 63.9 Å². The number of rotatable bonds is 8. The standard InChI is InChI=1S/C19H27N3OS/c23-18(20-12-7-15-22-13-4-1-5-14-22)10-6-11-19-21-16-8-2-3-9-17(16)24-19/h2-3,8-9H,1,4-7,10-15H2,(H,20,23). The maximum absolute atomic E-state index is 11.9. The van der Waals surface area contributed by atoms with Crippen LogP contribution >= 0.6 is 11.3 Å². The van der Waals surface area contributed by atoms with E-state index in [1.54, 1.807) is 11.3 Å². The number of thiazole rings is 1. The molecule has 1 aliphatic rings. The molecule has 5 heteroatoms. The number of carbonyl (C=O) groups excluding carboxylic acids is 1. The van der Waals surface area contributed by atoms with E-state index in [1.807, 2.05) is 18.2 Å². The zero-order valence-corrected chi connectivity index (χ0v) is 15.1. The van der Waals surface area contributed by atoms with Crippen molar-refractivity contribution < 1.29 is 4.79 Å². The van der Waals surface area contributed by atoms with E-state index in [9.17, 15) is 4.79 Å². The molecule has 1 aromatic carbocycles. The third-order valence-corrected chi connectivity index (χ3v) is 5.65. The second-order valence-corrected chi connectivity index (χ2v) is 7.65. The molecule has 1 saturated heterocycles. The summed E-state index contributed by atoms with van der Waals surface area (Å²) >= 11 is 1.74. The van der Waals surface area contributed by atoms with Crippen molar-refractivity contribution in [2.24, 2.45) is 0 Å². The van der Waals surface area contributed by atoms with E-state index in [0.29, 0.717) is 6.42 Å². The summed E-state index contributed by atoms with van der Waals surface area (Å²) in [6, 6.07) is 8.21. The Morgan fingerprint density at radius 1 is 1.17 bits per heavy atom. The number of piperidine rings is 1. The van der Waals surface area contributed by atoms with Crippen LogP contribution in [0, 0.1) is 0 Å². The van der Waals surface area contributed by atoms with Crippen molar-refractivity contribution in [2.45, 2.75) is 44.9 Å². The van der Waals surface area contributed by atoms with Crippen molar-refractivity contribution >= 4 is 27.5 Å². The van der Waals surface area contributed by atoms with Crippen molar-refractivity contribution in [1.29, 1.82) is 0 Å². The van der Waals surface area contributed by atoms with Crippen molar-refractivity contribution in [1.82, 2.24) is 15.2 Å². The Morgan fingerprint density at radius 2 is 2.00 bits per heavy atom. The second kappa shape index (κ2) is 9.14. The maximum atomic E-state index is 11.9. The lowest BCUT2D eigenvalue weighted by Crippen LogP contribution is -2.33. The van der Waals surface area contributed by atoms with E-state index >= 15 is 0 Å². The number of aromatic nitrogens is 1. The molecule has 0 saturated carbocycles. The van der Waals surface area contributed by atoms with E-state index in [0.717, 1.165) is 42.9 Å². The number of nitrogens with zero attached hydrogens (tertiary/aromatic N) is 2. The molecule has 0 unspecified atom stereocenters. The predicted molar refractivity (Wildman–Crippen MR) is 100 cm³/mol. The predicted octanol–water partition coefficient (Wildman–Crippen LogP) is 3.61. The Hall–Kier alpha value is -1.46. The van der Waals surface area contributed by atoms with E-state index in [-0.39, 0.29) is 5.91 Å². The molecule has 0 radical (unpaired) electrons. The van der Waals surface area contributed by atoms with E-state index < -0.39 is 0 Å². The number of fused-ring (bicyclic) bond motifs is 1. The van der Waals surface area contributed by atoms with Gasteiger partial charge in [0.1, 0.15) is 0 Å². The summed E-state index contributed by atoms with van der Waals surface area (Å²) in [5.74, 6) is 0.176. The van der Waals surface area contributed by atoms with Gasteiger partial charge in [0.05, 0.1) is 15.2 Å². The molecule has 0 bridgehead atoms. The first kappa shape index (κ1) is 17.4. The maximum Gasteiger partial charge on any atom is 0.220 e. The number of aryl methyl sites for hydroxylation is 1. The Kier molecular flexibility index (Phi) is 6.61. The molecule has 0 aliphatic carbocycles. The van der Waals surface area contributed by atoms with Crippen molar-refractivity contribution in [3.63, 3.8) is 0 Å². The summed E-state index contributed by atoms with van der Waals surface area (Å²) in [5, 5.41) is 4.19. The normalized spacial score (nSPS) is 15.7. The molecule has 24 heavy (non-hydrogen) atoms. The zero-order chi connectivity index (χ0) is 16.6. The van der Waals surface area contributed by atoms with Gasteiger partial charge in [-0.2, -0.15) is 0 Å². The molecule has 0 atom stereocenters. The Morgan fingerprint density at radius 3 is 2.83 bits per heavy atom. The fraction of sp³-hybridized carbons (Fsp3) is 0.579. The number of para-hydroxylation sites is 1. The third kappa shape index (κ3) is 5.28. The molecular weight excluding hydrogens is 318 g/mol. The van der Waals surface area contributed by atoms with Gasteiger partial charge in [0, 0.05) is 13.0 Å². The van der Waals surface area contributed by atoms with Crippen molar-refractivity contribution in [2.75, 3.05) is 26.2 Å². The van der Waals surface area contributed by atoms with Crippen LogP contribution in [0.5, 0.6) is 0 Å². The SMILES string of the molecule is O=C(CCCc1nc2ccccc2s1)NCCCN1CCCCC1. The molecule has 130 valence electrons. The number of hydrogen-bond acceptors (Lipinski definition) is 4. The minimum absolute atomic E-state index is 0.176.